The number of amides is 1. The minimum absolute atomic E-state index is 0.197. The standard InChI is InChI=1S/C14H14ClN3O/c1-17-14(19)12-8-10(16)5-6-13(12)18-11-4-2-3-9(15)7-11/h2-8,18H,16H2,1H3,(H,17,19). The van der Waals surface area contributed by atoms with Gasteiger partial charge in [-0.15, -0.1) is 0 Å². The maximum absolute atomic E-state index is 11.8. The van der Waals surface area contributed by atoms with E-state index in [0.29, 0.717) is 22.0 Å². The summed E-state index contributed by atoms with van der Waals surface area (Å²) in [6.45, 7) is 0. The number of nitrogen functional groups attached to an aromatic ring is 1. The lowest BCUT2D eigenvalue weighted by Gasteiger charge is -2.12. The van der Waals surface area contributed by atoms with Crippen LogP contribution >= 0.6 is 11.6 Å². The monoisotopic (exact) mass is 275 g/mol. The van der Waals surface area contributed by atoms with Crippen LogP contribution in [0.2, 0.25) is 5.02 Å². The zero-order chi connectivity index (χ0) is 13.8. The first-order chi connectivity index (χ1) is 9.10. The van der Waals surface area contributed by atoms with Crippen molar-refractivity contribution in [2.75, 3.05) is 18.1 Å². The molecule has 1 amide bonds. The smallest absolute Gasteiger partial charge is 0.253 e. The summed E-state index contributed by atoms with van der Waals surface area (Å²) in [5.74, 6) is -0.197. The molecular formula is C14H14ClN3O. The fraction of sp³-hybridized carbons (Fsp3) is 0.0714. The van der Waals surface area contributed by atoms with E-state index in [1.165, 1.54) is 0 Å². The van der Waals surface area contributed by atoms with Crippen LogP contribution in [0.25, 0.3) is 0 Å². The number of benzene rings is 2. The van der Waals surface area contributed by atoms with E-state index in [1.54, 1.807) is 37.4 Å². The highest BCUT2D eigenvalue weighted by atomic mass is 35.5. The molecule has 0 fully saturated rings. The Labute approximate surface area is 116 Å². The van der Waals surface area contributed by atoms with E-state index >= 15 is 0 Å². The van der Waals surface area contributed by atoms with E-state index in [9.17, 15) is 4.79 Å². The molecule has 4 nitrogen and oxygen atoms in total. The van der Waals surface area contributed by atoms with Gasteiger partial charge in [-0.2, -0.15) is 0 Å². The van der Waals surface area contributed by atoms with Crippen LogP contribution in [-0.2, 0) is 0 Å². The maximum Gasteiger partial charge on any atom is 0.253 e. The van der Waals surface area contributed by atoms with Crippen LogP contribution in [0.4, 0.5) is 17.1 Å². The van der Waals surface area contributed by atoms with Gasteiger partial charge in [0.25, 0.3) is 5.91 Å². The first-order valence-electron chi connectivity index (χ1n) is 5.74. The number of hydrogen-bond acceptors (Lipinski definition) is 3. The molecule has 0 saturated carbocycles. The predicted molar refractivity (Wildman–Crippen MR) is 79.0 cm³/mol. The van der Waals surface area contributed by atoms with Crippen molar-refractivity contribution in [1.29, 1.82) is 0 Å². The fourth-order valence-electron chi connectivity index (χ4n) is 1.72. The normalized spacial score (nSPS) is 10.0. The molecule has 0 aliphatic carbocycles. The first kappa shape index (κ1) is 13.2. The van der Waals surface area contributed by atoms with Crippen molar-refractivity contribution in [2.24, 2.45) is 0 Å². The van der Waals surface area contributed by atoms with E-state index in [2.05, 4.69) is 10.6 Å². The second-order valence-corrected chi connectivity index (χ2v) is 4.46. The number of rotatable bonds is 3. The molecule has 0 spiro atoms. The van der Waals surface area contributed by atoms with Crippen LogP contribution in [0.15, 0.2) is 42.5 Å². The Bertz CT molecular complexity index is 613. The molecule has 2 aromatic carbocycles. The van der Waals surface area contributed by atoms with E-state index in [4.69, 9.17) is 17.3 Å². The van der Waals surface area contributed by atoms with Crippen LogP contribution in [0.3, 0.4) is 0 Å². The lowest BCUT2D eigenvalue weighted by atomic mass is 10.1. The second-order valence-electron chi connectivity index (χ2n) is 4.02. The molecule has 0 aliphatic rings. The van der Waals surface area contributed by atoms with E-state index in [0.717, 1.165) is 5.69 Å². The van der Waals surface area contributed by atoms with Crippen molar-refractivity contribution < 1.29 is 4.79 Å². The van der Waals surface area contributed by atoms with E-state index in [1.807, 2.05) is 12.1 Å². The van der Waals surface area contributed by atoms with Crippen molar-refractivity contribution in [3.63, 3.8) is 0 Å². The second kappa shape index (κ2) is 5.63. The highest BCUT2D eigenvalue weighted by molar-refractivity contribution is 6.30. The average molecular weight is 276 g/mol. The highest BCUT2D eigenvalue weighted by Gasteiger charge is 2.10. The summed E-state index contributed by atoms with van der Waals surface area (Å²) in [5.41, 5.74) is 8.22. The molecule has 0 saturated heterocycles. The largest absolute Gasteiger partial charge is 0.399 e. The van der Waals surface area contributed by atoms with Crippen molar-refractivity contribution in [2.45, 2.75) is 0 Å². The predicted octanol–water partition coefficient (Wildman–Crippen LogP) is 3.03. The summed E-state index contributed by atoms with van der Waals surface area (Å²) in [6, 6.07) is 12.4. The van der Waals surface area contributed by atoms with Crippen LogP contribution < -0.4 is 16.4 Å². The number of hydrogen-bond donors (Lipinski definition) is 3. The van der Waals surface area contributed by atoms with Crippen LogP contribution in [0, 0.1) is 0 Å². The molecule has 0 atom stereocenters. The lowest BCUT2D eigenvalue weighted by molar-refractivity contribution is 0.0964. The van der Waals surface area contributed by atoms with Gasteiger partial charge in [-0.25, -0.2) is 0 Å². The molecule has 0 aromatic heterocycles. The number of halogens is 1. The molecule has 4 N–H and O–H groups in total. The fourth-order valence-corrected chi connectivity index (χ4v) is 1.91. The zero-order valence-electron chi connectivity index (χ0n) is 10.4. The Morgan fingerprint density at radius 1 is 1.21 bits per heavy atom. The maximum atomic E-state index is 11.8. The van der Waals surface area contributed by atoms with Gasteiger partial charge >= 0.3 is 0 Å². The van der Waals surface area contributed by atoms with E-state index < -0.39 is 0 Å². The summed E-state index contributed by atoms with van der Waals surface area (Å²) in [6.07, 6.45) is 0. The summed E-state index contributed by atoms with van der Waals surface area (Å²) < 4.78 is 0. The molecule has 0 unspecified atom stereocenters. The third-order valence-electron chi connectivity index (χ3n) is 2.62. The third kappa shape index (κ3) is 3.17. The van der Waals surface area contributed by atoms with Crippen molar-refractivity contribution >= 4 is 34.6 Å². The van der Waals surface area contributed by atoms with Gasteiger partial charge in [-0.1, -0.05) is 17.7 Å². The molecule has 0 heterocycles. The topological polar surface area (TPSA) is 67.2 Å². The Balaban J connectivity index is 2.37. The van der Waals surface area contributed by atoms with Gasteiger partial charge < -0.3 is 16.4 Å². The Morgan fingerprint density at radius 2 is 2.00 bits per heavy atom. The van der Waals surface area contributed by atoms with Crippen molar-refractivity contribution in [3.05, 3.63) is 53.1 Å². The molecule has 2 aromatic rings. The summed E-state index contributed by atoms with van der Waals surface area (Å²) >= 11 is 5.93. The quantitative estimate of drug-likeness (QED) is 0.754. The van der Waals surface area contributed by atoms with Crippen LogP contribution in [0.1, 0.15) is 10.4 Å². The molecule has 0 bridgehead atoms. The number of nitrogens with one attached hydrogen (secondary N) is 2. The SMILES string of the molecule is CNC(=O)c1cc(N)ccc1Nc1cccc(Cl)c1. The van der Waals surface area contributed by atoms with Gasteiger partial charge in [0.2, 0.25) is 0 Å². The Morgan fingerprint density at radius 3 is 2.68 bits per heavy atom. The molecule has 98 valence electrons. The average Bonchev–Trinajstić information content (AvgIpc) is 2.40. The molecule has 19 heavy (non-hydrogen) atoms. The van der Waals surface area contributed by atoms with Crippen LogP contribution in [0.5, 0.6) is 0 Å². The van der Waals surface area contributed by atoms with E-state index in [-0.39, 0.29) is 5.91 Å². The van der Waals surface area contributed by atoms with Gasteiger partial charge in [0, 0.05) is 23.4 Å². The number of carbonyl (C=O) groups is 1. The van der Waals surface area contributed by atoms with Crippen LogP contribution in [-0.4, -0.2) is 13.0 Å². The minimum atomic E-state index is -0.197. The lowest BCUT2D eigenvalue weighted by Crippen LogP contribution is -2.19. The molecular weight excluding hydrogens is 262 g/mol. The Kier molecular flexibility index (Phi) is 3.92. The number of nitrogens with two attached hydrogens (primary N) is 1. The van der Waals surface area contributed by atoms with Crippen molar-refractivity contribution in [1.82, 2.24) is 5.32 Å². The molecule has 0 radical (unpaired) electrons. The van der Waals surface area contributed by atoms with Crippen molar-refractivity contribution in [3.8, 4) is 0 Å². The first-order valence-corrected chi connectivity index (χ1v) is 6.12. The number of anilines is 3. The minimum Gasteiger partial charge on any atom is -0.399 e. The molecule has 5 heteroatoms. The molecule has 0 aliphatic heterocycles. The van der Waals surface area contributed by atoms with Gasteiger partial charge in [0.1, 0.15) is 0 Å². The third-order valence-corrected chi connectivity index (χ3v) is 2.85. The summed E-state index contributed by atoms with van der Waals surface area (Å²) in [7, 11) is 1.58. The van der Waals surface area contributed by atoms with Gasteiger partial charge in [-0.3, -0.25) is 4.79 Å². The number of carbonyl (C=O) groups excluding carboxylic acids is 1. The molecule has 2 rings (SSSR count). The summed E-state index contributed by atoms with van der Waals surface area (Å²) in [4.78, 5) is 11.8. The summed E-state index contributed by atoms with van der Waals surface area (Å²) in [5, 5.41) is 6.37. The van der Waals surface area contributed by atoms with Gasteiger partial charge in [-0.05, 0) is 36.4 Å². The highest BCUT2D eigenvalue weighted by Crippen LogP contribution is 2.24. The zero-order valence-corrected chi connectivity index (χ0v) is 11.2. The van der Waals surface area contributed by atoms with Gasteiger partial charge in [0.15, 0.2) is 0 Å². The Hall–Kier alpha value is -2.20. The van der Waals surface area contributed by atoms with Gasteiger partial charge in [0.05, 0.1) is 11.3 Å².